The predicted octanol–water partition coefficient (Wildman–Crippen LogP) is 2.52. The van der Waals surface area contributed by atoms with Crippen LogP contribution in [0.5, 0.6) is 0 Å². The second kappa shape index (κ2) is 6.28. The van der Waals surface area contributed by atoms with Crippen molar-refractivity contribution in [3.63, 3.8) is 0 Å². The van der Waals surface area contributed by atoms with Crippen LogP contribution in [0.1, 0.15) is 31.2 Å². The van der Waals surface area contributed by atoms with Crippen molar-refractivity contribution < 1.29 is 4.39 Å². The van der Waals surface area contributed by atoms with Crippen molar-refractivity contribution in [1.82, 2.24) is 4.90 Å². The van der Waals surface area contributed by atoms with E-state index in [-0.39, 0.29) is 10.8 Å². The summed E-state index contributed by atoms with van der Waals surface area (Å²) in [6, 6.07) is 5.36. The van der Waals surface area contributed by atoms with Crippen LogP contribution in [0.25, 0.3) is 0 Å². The summed E-state index contributed by atoms with van der Waals surface area (Å²) in [5.41, 5.74) is 7.39. The Morgan fingerprint density at radius 2 is 1.95 bits per heavy atom. The van der Waals surface area contributed by atoms with Gasteiger partial charge in [-0.1, -0.05) is 18.6 Å². The lowest BCUT2D eigenvalue weighted by Gasteiger charge is -2.32. The normalized spacial score (nSPS) is 23.5. The van der Waals surface area contributed by atoms with Gasteiger partial charge in [-0.2, -0.15) is 0 Å². The first-order valence-electron chi connectivity index (χ1n) is 7.73. The van der Waals surface area contributed by atoms with Gasteiger partial charge < -0.3 is 10.6 Å². The van der Waals surface area contributed by atoms with Crippen molar-refractivity contribution >= 4 is 22.9 Å². The van der Waals surface area contributed by atoms with Crippen LogP contribution in [0, 0.1) is 5.82 Å². The monoisotopic (exact) mass is 307 g/mol. The quantitative estimate of drug-likeness (QED) is 0.870. The van der Waals surface area contributed by atoms with Gasteiger partial charge in [0.15, 0.2) is 0 Å². The Morgan fingerprint density at radius 1 is 1.19 bits per heavy atom. The highest BCUT2D eigenvalue weighted by Crippen LogP contribution is 2.28. The molecule has 0 amide bonds. The number of thiocarbonyl (C=S) groups is 1. The summed E-state index contributed by atoms with van der Waals surface area (Å²) in [4.78, 5) is 5.17. The van der Waals surface area contributed by atoms with E-state index in [2.05, 4.69) is 9.80 Å². The molecule has 1 unspecified atom stereocenters. The van der Waals surface area contributed by atoms with Gasteiger partial charge in [0.25, 0.3) is 0 Å². The fraction of sp³-hybridized carbons (Fsp3) is 0.562. The van der Waals surface area contributed by atoms with Gasteiger partial charge in [-0.25, -0.2) is 4.39 Å². The Labute approximate surface area is 130 Å². The van der Waals surface area contributed by atoms with Gasteiger partial charge in [0.2, 0.25) is 0 Å². The van der Waals surface area contributed by atoms with E-state index in [0.29, 0.717) is 11.6 Å². The number of likely N-dealkylation sites (tertiary alicyclic amines) is 1. The molecule has 0 aliphatic carbocycles. The molecule has 0 spiro atoms. The number of nitrogens with two attached hydrogens (primary N) is 1. The molecule has 2 saturated heterocycles. The maximum atomic E-state index is 13.4. The fourth-order valence-electron chi connectivity index (χ4n) is 3.52. The maximum absolute atomic E-state index is 13.4. The van der Waals surface area contributed by atoms with Crippen LogP contribution in [0.2, 0.25) is 0 Å². The van der Waals surface area contributed by atoms with E-state index < -0.39 is 0 Å². The lowest BCUT2D eigenvalue weighted by molar-refractivity contribution is 0.175. The minimum absolute atomic E-state index is 0.269. The predicted molar refractivity (Wildman–Crippen MR) is 88.3 cm³/mol. The molecule has 5 heteroatoms. The first-order chi connectivity index (χ1) is 10.1. The summed E-state index contributed by atoms with van der Waals surface area (Å²) in [6.45, 7) is 4.40. The molecule has 2 fully saturated rings. The molecule has 2 aliphatic rings. The standard InChI is InChI=1S/C16H22FN3S/c17-12-4-5-15(14(10-12)16(18)21)20-9-6-13(11-20)19-7-2-1-3-8-19/h4-5,10,13H,1-3,6-9,11H2,(H2,18,21). The van der Waals surface area contributed by atoms with Gasteiger partial charge >= 0.3 is 0 Å². The van der Waals surface area contributed by atoms with Gasteiger partial charge in [-0.15, -0.1) is 0 Å². The Balaban J connectivity index is 1.75. The Kier molecular flexibility index (Phi) is 4.40. The van der Waals surface area contributed by atoms with Crippen molar-refractivity contribution in [2.75, 3.05) is 31.1 Å². The number of anilines is 1. The molecule has 0 radical (unpaired) electrons. The SMILES string of the molecule is NC(=S)c1cc(F)ccc1N1CCC(N2CCCCC2)C1. The zero-order chi connectivity index (χ0) is 14.8. The molecule has 1 atom stereocenters. The summed E-state index contributed by atoms with van der Waals surface area (Å²) in [5.74, 6) is -0.284. The summed E-state index contributed by atoms with van der Waals surface area (Å²) in [5, 5.41) is 0. The third-order valence-corrected chi connectivity index (χ3v) is 4.86. The lowest BCUT2D eigenvalue weighted by Crippen LogP contribution is -2.41. The Bertz CT molecular complexity index is 528. The molecule has 0 saturated carbocycles. The third kappa shape index (κ3) is 3.19. The molecule has 1 aromatic carbocycles. The molecule has 2 N–H and O–H groups in total. The van der Waals surface area contributed by atoms with Gasteiger partial charge in [0, 0.05) is 30.4 Å². The molecule has 21 heavy (non-hydrogen) atoms. The van der Waals surface area contributed by atoms with E-state index in [1.807, 2.05) is 6.07 Å². The summed E-state index contributed by atoms with van der Waals surface area (Å²) in [6.07, 6.45) is 5.14. The fourth-order valence-corrected chi connectivity index (χ4v) is 3.69. The Hall–Kier alpha value is -1.20. The highest BCUT2D eigenvalue weighted by molar-refractivity contribution is 7.80. The first-order valence-corrected chi connectivity index (χ1v) is 8.14. The van der Waals surface area contributed by atoms with E-state index in [9.17, 15) is 4.39 Å². The minimum Gasteiger partial charge on any atom is -0.389 e. The van der Waals surface area contributed by atoms with Gasteiger partial charge in [0.05, 0.1) is 0 Å². The van der Waals surface area contributed by atoms with Crippen LogP contribution in [0.15, 0.2) is 18.2 Å². The van der Waals surface area contributed by atoms with Crippen molar-refractivity contribution in [3.05, 3.63) is 29.6 Å². The summed E-state index contributed by atoms with van der Waals surface area (Å²) in [7, 11) is 0. The molecular weight excluding hydrogens is 285 g/mol. The topological polar surface area (TPSA) is 32.5 Å². The average molecular weight is 307 g/mol. The third-order valence-electron chi connectivity index (χ3n) is 4.64. The van der Waals surface area contributed by atoms with Crippen LogP contribution in [-0.2, 0) is 0 Å². The van der Waals surface area contributed by atoms with Crippen LogP contribution in [-0.4, -0.2) is 42.1 Å². The molecule has 2 heterocycles. The molecule has 0 bridgehead atoms. The van der Waals surface area contributed by atoms with Crippen LogP contribution < -0.4 is 10.6 Å². The molecule has 114 valence electrons. The zero-order valence-corrected chi connectivity index (χ0v) is 13.0. The molecule has 3 nitrogen and oxygen atoms in total. The number of hydrogen-bond donors (Lipinski definition) is 1. The second-order valence-corrected chi connectivity index (χ2v) is 6.45. The van der Waals surface area contributed by atoms with Gasteiger partial charge in [0.1, 0.15) is 10.8 Å². The lowest BCUT2D eigenvalue weighted by atomic mass is 10.1. The van der Waals surface area contributed by atoms with Crippen molar-refractivity contribution in [2.24, 2.45) is 5.73 Å². The van der Waals surface area contributed by atoms with Gasteiger partial charge in [-0.05, 0) is 50.6 Å². The number of rotatable bonds is 3. The molecule has 1 aromatic rings. The van der Waals surface area contributed by atoms with Crippen LogP contribution >= 0.6 is 12.2 Å². The molecule has 3 rings (SSSR count). The van der Waals surface area contributed by atoms with Crippen molar-refractivity contribution in [3.8, 4) is 0 Å². The van der Waals surface area contributed by atoms with Crippen molar-refractivity contribution in [2.45, 2.75) is 31.7 Å². The Morgan fingerprint density at radius 3 is 2.67 bits per heavy atom. The van der Waals surface area contributed by atoms with Crippen LogP contribution in [0.4, 0.5) is 10.1 Å². The van der Waals surface area contributed by atoms with E-state index in [0.717, 1.165) is 25.2 Å². The highest BCUT2D eigenvalue weighted by atomic mass is 32.1. The first kappa shape index (κ1) is 14.7. The largest absolute Gasteiger partial charge is 0.389 e. The van der Waals surface area contributed by atoms with E-state index >= 15 is 0 Å². The minimum atomic E-state index is -0.284. The average Bonchev–Trinajstić information content (AvgIpc) is 2.97. The molecule has 0 aromatic heterocycles. The number of halogens is 1. The maximum Gasteiger partial charge on any atom is 0.124 e. The number of benzene rings is 1. The van der Waals surface area contributed by atoms with Gasteiger partial charge in [-0.3, -0.25) is 4.90 Å². The summed E-state index contributed by atoms with van der Waals surface area (Å²) >= 11 is 5.07. The summed E-state index contributed by atoms with van der Waals surface area (Å²) < 4.78 is 13.4. The number of hydrogen-bond acceptors (Lipinski definition) is 3. The van der Waals surface area contributed by atoms with Crippen molar-refractivity contribution in [1.29, 1.82) is 0 Å². The second-order valence-electron chi connectivity index (χ2n) is 6.01. The zero-order valence-electron chi connectivity index (χ0n) is 12.2. The van der Waals surface area contributed by atoms with E-state index in [4.69, 9.17) is 18.0 Å². The smallest absolute Gasteiger partial charge is 0.124 e. The number of piperidine rings is 1. The number of nitrogens with zero attached hydrogens (tertiary/aromatic N) is 2. The molecular formula is C16H22FN3S. The highest BCUT2D eigenvalue weighted by Gasteiger charge is 2.29. The van der Waals surface area contributed by atoms with E-state index in [1.54, 1.807) is 0 Å². The van der Waals surface area contributed by atoms with E-state index in [1.165, 1.54) is 44.5 Å². The van der Waals surface area contributed by atoms with Crippen LogP contribution in [0.3, 0.4) is 0 Å². The molecule has 2 aliphatic heterocycles.